The van der Waals surface area contributed by atoms with Crippen LogP contribution in [0.15, 0.2) is 0 Å². The van der Waals surface area contributed by atoms with Crippen molar-refractivity contribution in [2.75, 3.05) is 19.8 Å². The quantitative estimate of drug-likeness (QED) is 0.366. The van der Waals surface area contributed by atoms with E-state index < -0.39 is 11.9 Å². The SMILES string of the molecule is C#CCOCCCC(C#N)C(=O)OCC(C)C. The standard InChI is InChI=1S/C13H19NO3/c1-4-7-16-8-5-6-12(9-14)13(15)17-10-11(2)3/h1,11-12H,5-8,10H2,2-3H3. The van der Waals surface area contributed by atoms with Crippen LogP contribution in [0, 0.1) is 35.5 Å². The first-order valence-electron chi connectivity index (χ1n) is 5.69. The zero-order valence-corrected chi connectivity index (χ0v) is 10.4. The van der Waals surface area contributed by atoms with Gasteiger partial charge < -0.3 is 9.47 Å². The normalized spacial score (nSPS) is 11.6. The highest BCUT2D eigenvalue weighted by atomic mass is 16.5. The largest absolute Gasteiger partial charge is 0.464 e. The summed E-state index contributed by atoms with van der Waals surface area (Å²) in [6, 6.07) is 1.95. The lowest BCUT2D eigenvalue weighted by Gasteiger charge is -2.10. The maximum absolute atomic E-state index is 11.5. The molecule has 17 heavy (non-hydrogen) atoms. The number of hydrogen-bond donors (Lipinski definition) is 0. The van der Waals surface area contributed by atoms with E-state index in [1.54, 1.807) is 0 Å². The Morgan fingerprint density at radius 2 is 2.18 bits per heavy atom. The second-order valence-corrected chi connectivity index (χ2v) is 4.10. The third-order valence-corrected chi connectivity index (χ3v) is 1.97. The molecular weight excluding hydrogens is 218 g/mol. The number of nitrogens with zero attached hydrogens (tertiary/aromatic N) is 1. The van der Waals surface area contributed by atoms with E-state index in [0.717, 1.165) is 0 Å². The molecule has 0 amide bonds. The third kappa shape index (κ3) is 8.30. The molecule has 0 saturated heterocycles. The molecule has 0 aliphatic rings. The molecule has 0 heterocycles. The third-order valence-electron chi connectivity index (χ3n) is 1.97. The van der Waals surface area contributed by atoms with Crippen LogP contribution in [0.5, 0.6) is 0 Å². The summed E-state index contributed by atoms with van der Waals surface area (Å²) in [5.41, 5.74) is 0. The fraction of sp³-hybridized carbons (Fsp3) is 0.692. The minimum absolute atomic E-state index is 0.259. The maximum Gasteiger partial charge on any atom is 0.323 e. The number of carbonyl (C=O) groups excluding carboxylic acids is 1. The van der Waals surface area contributed by atoms with Gasteiger partial charge in [-0.05, 0) is 18.8 Å². The van der Waals surface area contributed by atoms with Gasteiger partial charge in [-0.1, -0.05) is 19.8 Å². The molecule has 0 spiro atoms. The molecule has 94 valence electrons. The van der Waals surface area contributed by atoms with Crippen LogP contribution in [0.1, 0.15) is 26.7 Å². The Morgan fingerprint density at radius 3 is 2.71 bits per heavy atom. The van der Waals surface area contributed by atoms with Crippen LogP contribution >= 0.6 is 0 Å². The lowest BCUT2D eigenvalue weighted by atomic mass is 10.1. The number of ether oxygens (including phenoxy) is 2. The van der Waals surface area contributed by atoms with Crippen LogP contribution < -0.4 is 0 Å². The van der Waals surface area contributed by atoms with Gasteiger partial charge in [-0.2, -0.15) is 5.26 Å². The molecular formula is C13H19NO3. The molecule has 1 unspecified atom stereocenters. The minimum atomic E-state index is -0.705. The highest BCUT2D eigenvalue weighted by Gasteiger charge is 2.19. The van der Waals surface area contributed by atoms with Gasteiger partial charge in [0, 0.05) is 6.61 Å². The molecule has 0 aromatic rings. The number of esters is 1. The highest BCUT2D eigenvalue weighted by molar-refractivity contribution is 5.75. The predicted octanol–water partition coefficient (Wildman–Crippen LogP) is 1.76. The van der Waals surface area contributed by atoms with Crippen LogP contribution in [0.3, 0.4) is 0 Å². The van der Waals surface area contributed by atoms with Crippen LogP contribution in [0.2, 0.25) is 0 Å². The molecule has 0 aromatic carbocycles. The van der Waals surface area contributed by atoms with Gasteiger partial charge in [-0.3, -0.25) is 4.79 Å². The molecule has 0 N–H and O–H groups in total. The number of carbonyl (C=O) groups is 1. The first kappa shape index (κ1) is 15.5. The summed E-state index contributed by atoms with van der Waals surface area (Å²) in [4.78, 5) is 11.5. The van der Waals surface area contributed by atoms with Gasteiger partial charge in [-0.15, -0.1) is 6.42 Å². The molecule has 1 atom stereocenters. The van der Waals surface area contributed by atoms with E-state index in [-0.39, 0.29) is 12.5 Å². The molecule has 0 radical (unpaired) electrons. The maximum atomic E-state index is 11.5. The smallest absolute Gasteiger partial charge is 0.323 e. The zero-order chi connectivity index (χ0) is 13.1. The van der Waals surface area contributed by atoms with Crippen molar-refractivity contribution in [1.29, 1.82) is 5.26 Å². The van der Waals surface area contributed by atoms with Crippen molar-refractivity contribution >= 4 is 5.97 Å². The summed E-state index contributed by atoms with van der Waals surface area (Å²) in [5, 5.41) is 8.84. The summed E-state index contributed by atoms with van der Waals surface area (Å²) in [7, 11) is 0. The average molecular weight is 237 g/mol. The monoisotopic (exact) mass is 237 g/mol. The van der Waals surface area contributed by atoms with Gasteiger partial charge >= 0.3 is 5.97 Å². The number of nitriles is 1. The predicted molar refractivity (Wildman–Crippen MR) is 63.8 cm³/mol. The molecule has 0 aliphatic heterocycles. The van der Waals surface area contributed by atoms with Crippen LogP contribution in [-0.2, 0) is 14.3 Å². The highest BCUT2D eigenvalue weighted by Crippen LogP contribution is 2.09. The lowest BCUT2D eigenvalue weighted by Crippen LogP contribution is -2.19. The van der Waals surface area contributed by atoms with E-state index in [2.05, 4.69) is 5.92 Å². The second kappa shape index (κ2) is 9.69. The van der Waals surface area contributed by atoms with Crippen molar-refractivity contribution < 1.29 is 14.3 Å². The van der Waals surface area contributed by atoms with E-state index in [4.69, 9.17) is 21.2 Å². The van der Waals surface area contributed by atoms with E-state index in [1.165, 1.54) is 0 Å². The first-order valence-corrected chi connectivity index (χ1v) is 5.69. The van der Waals surface area contributed by atoms with Crippen molar-refractivity contribution in [2.24, 2.45) is 11.8 Å². The van der Waals surface area contributed by atoms with E-state index in [9.17, 15) is 4.79 Å². The minimum Gasteiger partial charge on any atom is -0.464 e. The van der Waals surface area contributed by atoms with Crippen molar-refractivity contribution in [1.82, 2.24) is 0 Å². The Labute approximate surface area is 103 Å². The van der Waals surface area contributed by atoms with Crippen LogP contribution in [-0.4, -0.2) is 25.8 Å². The molecule has 0 aliphatic carbocycles. The fourth-order valence-electron chi connectivity index (χ4n) is 1.11. The Hall–Kier alpha value is -1.52. The molecule has 0 saturated carbocycles. The molecule has 0 fully saturated rings. The molecule has 0 rings (SSSR count). The molecule has 0 bridgehead atoms. The molecule has 4 nitrogen and oxygen atoms in total. The Kier molecular flexibility index (Phi) is 8.82. The Morgan fingerprint density at radius 1 is 1.47 bits per heavy atom. The van der Waals surface area contributed by atoms with Gasteiger partial charge in [0.1, 0.15) is 12.5 Å². The average Bonchev–Trinajstić information content (AvgIpc) is 2.31. The van der Waals surface area contributed by atoms with E-state index in [1.807, 2.05) is 19.9 Å². The van der Waals surface area contributed by atoms with Gasteiger partial charge in [0.15, 0.2) is 0 Å². The zero-order valence-electron chi connectivity index (χ0n) is 10.4. The van der Waals surface area contributed by atoms with Crippen LogP contribution in [0.4, 0.5) is 0 Å². The first-order chi connectivity index (χ1) is 8.11. The molecule has 4 heteroatoms. The summed E-state index contributed by atoms with van der Waals surface area (Å²) in [6.07, 6.45) is 6.08. The summed E-state index contributed by atoms with van der Waals surface area (Å²) >= 11 is 0. The van der Waals surface area contributed by atoms with Gasteiger partial charge in [0.2, 0.25) is 0 Å². The summed E-state index contributed by atoms with van der Waals surface area (Å²) in [5.74, 6) is 1.47. The van der Waals surface area contributed by atoms with Crippen LogP contribution in [0.25, 0.3) is 0 Å². The summed E-state index contributed by atoms with van der Waals surface area (Å²) < 4.78 is 10.1. The second-order valence-electron chi connectivity index (χ2n) is 4.10. The van der Waals surface area contributed by atoms with Gasteiger partial charge in [0.25, 0.3) is 0 Å². The Balaban J connectivity index is 3.80. The fourth-order valence-corrected chi connectivity index (χ4v) is 1.11. The van der Waals surface area contributed by atoms with Crippen molar-refractivity contribution in [3.8, 4) is 18.4 Å². The molecule has 0 aromatic heterocycles. The van der Waals surface area contributed by atoms with E-state index >= 15 is 0 Å². The van der Waals surface area contributed by atoms with Crippen molar-refractivity contribution in [2.45, 2.75) is 26.7 Å². The number of hydrogen-bond acceptors (Lipinski definition) is 4. The van der Waals surface area contributed by atoms with Crippen molar-refractivity contribution in [3.05, 3.63) is 0 Å². The summed E-state index contributed by atoms with van der Waals surface area (Å²) in [6.45, 7) is 4.96. The topological polar surface area (TPSA) is 59.3 Å². The lowest BCUT2D eigenvalue weighted by molar-refractivity contribution is -0.147. The van der Waals surface area contributed by atoms with Crippen molar-refractivity contribution in [3.63, 3.8) is 0 Å². The van der Waals surface area contributed by atoms with E-state index in [0.29, 0.717) is 26.1 Å². The Bertz CT molecular complexity index is 299. The van der Waals surface area contributed by atoms with Gasteiger partial charge in [-0.25, -0.2) is 0 Å². The number of rotatable bonds is 8. The van der Waals surface area contributed by atoms with Gasteiger partial charge in [0.05, 0.1) is 12.7 Å². The number of terminal acetylenes is 1.